The summed E-state index contributed by atoms with van der Waals surface area (Å²) in [5.74, 6) is 0.187. The first-order chi connectivity index (χ1) is 13.9. The topological polar surface area (TPSA) is 109 Å². The Kier molecular flexibility index (Phi) is 6.70. The van der Waals surface area contributed by atoms with Crippen LogP contribution in [0.1, 0.15) is 12.8 Å². The monoisotopic (exact) mass is 427 g/mol. The van der Waals surface area contributed by atoms with Gasteiger partial charge in [0.25, 0.3) is 0 Å². The van der Waals surface area contributed by atoms with Crippen molar-refractivity contribution in [2.75, 3.05) is 46.4 Å². The maximum Gasteiger partial charge on any atom is 0.320 e. The van der Waals surface area contributed by atoms with Crippen molar-refractivity contribution in [2.24, 2.45) is 5.73 Å². The summed E-state index contributed by atoms with van der Waals surface area (Å²) in [6, 6.07) is 2.92. The van der Waals surface area contributed by atoms with Crippen molar-refractivity contribution < 1.29 is 22.3 Å². The molecule has 2 fully saturated rings. The van der Waals surface area contributed by atoms with Crippen LogP contribution in [-0.4, -0.2) is 86.0 Å². The molecule has 29 heavy (non-hydrogen) atoms. The molecule has 0 saturated carbocycles. The normalized spacial score (nSPS) is 19.8. The Morgan fingerprint density at radius 3 is 2.55 bits per heavy atom. The number of hydrogen-bond acceptors (Lipinski definition) is 6. The lowest BCUT2D eigenvalue weighted by atomic mass is 10.1. The van der Waals surface area contributed by atoms with Crippen molar-refractivity contribution in [1.82, 2.24) is 19.1 Å². The van der Waals surface area contributed by atoms with Gasteiger partial charge in [-0.1, -0.05) is 0 Å². The van der Waals surface area contributed by atoms with Crippen LogP contribution < -0.4 is 10.5 Å². The van der Waals surface area contributed by atoms with Gasteiger partial charge in [0.05, 0.1) is 12.5 Å². The van der Waals surface area contributed by atoms with Gasteiger partial charge in [-0.05, 0) is 18.9 Å². The summed E-state index contributed by atoms with van der Waals surface area (Å²) < 4.78 is 45.0. The number of pyridine rings is 1. The van der Waals surface area contributed by atoms with Crippen LogP contribution in [0.15, 0.2) is 35.1 Å². The predicted molar refractivity (Wildman–Crippen MR) is 104 cm³/mol. The van der Waals surface area contributed by atoms with Crippen molar-refractivity contribution >= 4 is 16.1 Å². The second-order valence-electron chi connectivity index (χ2n) is 7.13. The molecule has 2 aliphatic heterocycles. The average Bonchev–Trinajstić information content (AvgIpc) is 3.08. The van der Waals surface area contributed by atoms with E-state index in [0.717, 1.165) is 0 Å². The highest BCUT2D eigenvalue weighted by Gasteiger charge is 2.36. The second-order valence-corrected chi connectivity index (χ2v) is 9.06. The van der Waals surface area contributed by atoms with Crippen molar-refractivity contribution in [1.29, 1.82) is 0 Å². The molecule has 2 saturated heterocycles. The molecule has 11 heteroatoms. The first-order valence-electron chi connectivity index (χ1n) is 9.45. The highest BCUT2D eigenvalue weighted by Crippen LogP contribution is 2.25. The number of ether oxygens (including phenoxy) is 1. The fourth-order valence-electron chi connectivity index (χ4n) is 3.46. The third-order valence-electron chi connectivity index (χ3n) is 5.28. The molecule has 0 unspecified atom stereocenters. The van der Waals surface area contributed by atoms with E-state index >= 15 is 0 Å². The molecule has 2 N–H and O–H groups in total. The summed E-state index contributed by atoms with van der Waals surface area (Å²) in [5, 5.41) is 0. The zero-order valence-corrected chi connectivity index (χ0v) is 17.1. The van der Waals surface area contributed by atoms with E-state index in [4.69, 9.17) is 10.5 Å². The molecule has 0 aliphatic carbocycles. The number of piperidine rings is 1. The quantitative estimate of drug-likeness (QED) is 0.689. The lowest BCUT2D eigenvalue weighted by Crippen LogP contribution is -2.47. The third-order valence-corrected chi connectivity index (χ3v) is 7.16. The number of likely N-dealkylation sites (N-methyl/N-ethyl adjacent to an activating group) is 1. The van der Waals surface area contributed by atoms with E-state index in [1.54, 1.807) is 11.9 Å². The van der Waals surface area contributed by atoms with Crippen LogP contribution in [0.2, 0.25) is 0 Å². The smallest absolute Gasteiger partial charge is 0.320 e. The van der Waals surface area contributed by atoms with Crippen LogP contribution in [0.3, 0.4) is 0 Å². The minimum absolute atomic E-state index is 0.00601. The molecule has 2 aliphatic rings. The highest BCUT2D eigenvalue weighted by molar-refractivity contribution is 7.89. The SMILES string of the molecule is CN1CCN(C2CCN(S(=O)(=O)c3ccc(OC/C(=C\F)CN)nc3)CC2)C1=O. The number of rotatable bonds is 7. The highest BCUT2D eigenvalue weighted by atomic mass is 32.2. The van der Waals surface area contributed by atoms with E-state index in [0.29, 0.717) is 45.4 Å². The molecular formula is C18H26FN5O4S. The van der Waals surface area contributed by atoms with E-state index < -0.39 is 10.0 Å². The summed E-state index contributed by atoms with van der Waals surface area (Å²) in [6.07, 6.45) is 2.82. The van der Waals surface area contributed by atoms with Gasteiger partial charge in [0.1, 0.15) is 11.5 Å². The maximum absolute atomic E-state index is 12.9. The largest absolute Gasteiger partial charge is 0.473 e. The second kappa shape index (κ2) is 9.06. The number of carbonyl (C=O) groups is 1. The number of urea groups is 1. The molecule has 0 spiro atoms. The van der Waals surface area contributed by atoms with Gasteiger partial charge in [0.15, 0.2) is 0 Å². The Hall–Kier alpha value is -2.24. The Morgan fingerprint density at radius 2 is 2.03 bits per heavy atom. The molecule has 3 heterocycles. The first kappa shape index (κ1) is 21.5. The van der Waals surface area contributed by atoms with Gasteiger partial charge in [0.2, 0.25) is 15.9 Å². The Labute approximate surface area is 170 Å². The molecule has 0 atom stereocenters. The Morgan fingerprint density at radius 1 is 1.31 bits per heavy atom. The molecule has 1 aromatic heterocycles. The number of nitrogens with two attached hydrogens (primary N) is 1. The summed E-state index contributed by atoms with van der Waals surface area (Å²) in [4.78, 5) is 19.7. The van der Waals surface area contributed by atoms with Crippen LogP contribution in [0.4, 0.5) is 9.18 Å². The molecule has 9 nitrogen and oxygen atoms in total. The fraction of sp³-hybridized carbons (Fsp3) is 0.556. The van der Waals surface area contributed by atoms with Gasteiger partial charge in [-0.3, -0.25) is 0 Å². The summed E-state index contributed by atoms with van der Waals surface area (Å²) in [6.45, 7) is 2.05. The Bertz CT molecular complexity index is 854. The lowest BCUT2D eigenvalue weighted by molar-refractivity contribution is 0.158. The number of aromatic nitrogens is 1. The van der Waals surface area contributed by atoms with E-state index in [9.17, 15) is 17.6 Å². The number of hydrogen-bond donors (Lipinski definition) is 1. The zero-order chi connectivity index (χ0) is 21.0. The van der Waals surface area contributed by atoms with Gasteiger partial charge in [-0.2, -0.15) is 4.31 Å². The third kappa shape index (κ3) is 4.68. The van der Waals surface area contributed by atoms with Crippen LogP contribution in [0.25, 0.3) is 0 Å². The number of nitrogens with zero attached hydrogens (tertiary/aromatic N) is 4. The van der Waals surface area contributed by atoms with E-state index in [-0.39, 0.29) is 41.6 Å². The molecular weight excluding hydrogens is 401 g/mol. The van der Waals surface area contributed by atoms with Crippen LogP contribution in [0.5, 0.6) is 5.88 Å². The summed E-state index contributed by atoms with van der Waals surface area (Å²) in [5.41, 5.74) is 5.63. The van der Waals surface area contributed by atoms with Crippen molar-refractivity contribution in [2.45, 2.75) is 23.8 Å². The van der Waals surface area contributed by atoms with E-state index in [1.807, 2.05) is 4.90 Å². The molecule has 3 rings (SSSR count). The molecule has 0 aromatic carbocycles. The number of carbonyl (C=O) groups excluding carboxylic acids is 1. The minimum atomic E-state index is -3.68. The van der Waals surface area contributed by atoms with Gasteiger partial charge in [-0.25, -0.2) is 22.6 Å². The average molecular weight is 428 g/mol. The molecule has 1 aromatic rings. The zero-order valence-electron chi connectivity index (χ0n) is 16.3. The Balaban J connectivity index is 1.59. The van der Waals surface area contributed by atoms with E-state index in [1.165, 1.54) is 22.6 Å². The lowest BCUT2D eigenvalue weighted by Gasteiger charge is -2.35. The van der Waals surface area contributed by atoms with Crippen molar-refractivity contribution in [3.63, 3.8) is 0 Å². The molecule has 2 amide bonds. The van der Waals surface area contributed by atoms with E-state index in [2.05, 4.69) is 4.98 Å². The fourth-order valence-corrected chi connectivity index (χ4v) is 4.87. The predicted octanol–water partition coefficient (Wildman–Crippen LogP) is 0.793. The molecule has 160 valence electrons. The van der Waals surface area contributed by atoms with Crippen molar-refractivity contribution in [3.05, 3.63) is 30.2 Å². The standard InChI is InChI=1S/C18H26FN5O4S/c1-22-8-9-24(18(22)25)15-4-6-23(7-5-15)29(26,27)16-2-3-17(21-12-16)28-13-14(10-19)11-20/h2-3,10,12,15H,4-9,11,13,20H2,1H3/b14-10-. The van der Waals surface area contributed by atoms with Crippen molar-refractivity contribution in [3.8, 4) is 5.88 Å². The van der Waals surface area contributed by atoms with Crippen LogP contribution in [0, 0.1) is 0 Å². The number of sulfonamides is 1. The summed E-state index contributed by atoms with van der Waals surface area (Å²) >= 11 is 0. The van der Waals surface area contributed by atoms with Gasteiger partial charge < -0.3 is 20.3 Å². The van der Waals surface area contributed by atoms with Gasteiger partial charge in [0, 0.05) is 57.5 Å². The number of halogens is 1. The molecule has 0 radical (unpaired) electrons. The number of amides is 2. The van der Waals surface area contributed by atoms with Gasteiger partial charge >= 0.3 is 6.03 Å². The van der Waals surface area contributed by atoms with Gasteiger partial charge in [-0.15, -0.1) is 0 Å². The first-order valence-corrected chi connectivity index (χ1v) is 10.9. The maximum atomic E-state index is 12.9. The van der Waals surface area contributed by atoms with Crippen LogP contribution >= 0.6 is 0 Å². The summed E-state index contributed by atoms with van der Waals surface area (Å²) in [7, 11) is -1.91. The van der Waals surface area contributed by atoms with Crippen LogP contribution in [-0.2, 0) is 10.0 Å². The molecule has 0 bridgehead atoms. The minimum Gasteiger partial charge on any atom is -0.473 e.